The monoisotopic (exact) mass is 227 g/mol. The fraction of sp³-hybridized carbons (Fsp3) is 0.333. The van der Waals surface area contributed by atoms with E-state index in [1.165, 1.54) is 17.6 Å². The van der Waals surface area contributed by atoms with Crippen molar-refractivity contribution in [3.8, 4) is 0 Å². The van der Waals surface area contributed by atoms with E-state index in [1.54, 1.807) is 6.07 Å². The average molecular weight is 227 g/mol. The van der Waals surface area contributed by atoms with E-state index < -0.39 is 5.97 Å². The number of hydrogen-bond acceptors (Lipinski definition) is 5. The second-order valence-corrected chi connectivity index (χ2v) is 3.12. The zero-order valence-electron chi connectivity index (χ0n) is 8.91. The zero-order chi connectivity index (χ0) is 12.6. The molecule has 0 aliphatic rings. The highest BCUT2D eigenvalue weighted by Crippen LogP contribution is 2.05. The summed E-state index contributed by atoms with van der Waals surface area (Å²) < 4.78 is 0. The van der Waals surface area contributed by atoms with Crippen molar-refractivity contribution in [1.29, 1.82) is 0 Å². The predicted molar refractivity (Wildman–Crippen MR) is 57.5 cm³/mol. The first-order valence-electron chi connectivity index (χ1n) is 4.43. The molecule has 0 spiro atoms. The van der Waals surface area contributed by atoms with E-state index in [2.05, 4.69) is 10.3 Å². The summed E-state index contributed by atoms with van der Waals surface area (Å²) in [6, 6.07) is 3.48. The van der Waals surface area contributed by atoms with Crippen molar-refractivity contribution in [2.24, 2.45) is 5.34 Å². The number of hydrogen-bond donors (Lipinski definition) is 3. The van der Waals surface area contributed by atoms with Crippen LogP contribution in [0.2, 0.25) is 0 Å². The number of aromatic nitrogens is 1. The highest BCUT2D eigenvalue weighted by molar-refractivity contribution is 5.87. The maximum Gasteiger partial charge on any atom is 0.337 e. The van der Waals surface area contributed by atoms with Crippen LogP contribution in [0.25, 0.3) is 0 Å². The van der Waals surface area contributed by atoms with Gasteiger partial charge in [0.25, 0.3) is 0 Å². The van der Waals surface area contributed by atoms with Crippen molar-refractivity contribution in [2.45, 2.75) is 19.9 Å². The van der Waals surface area contributed by atoms with Crippen molar-refractivity contribution >= 4 is 11.8 Å². The number of anilines is 1. The lowest BCUT2D eigenvalue weighted by atomic mass is 10.3. The van der Waals surface area contributed by atoms with Gasteiger partial charge in [-0.25, -0.2) is 9.78 Å². The molecule has 3 N–H and O–H groups in total. The van der Waals surface area contributed by atoms with Crippen molar-refractivity contribution in [1.82, 2.24) is 4.98 Å². The minimum atomic E-state index is -0.955. The molecule has 0 saturated heterocycles. The molecule has 0 aliphatic heterocycles. The van der Waals surface area contributed by atoms with Crippen LogP contribution in [0, 0.1) is 4.91 Å². The fourth-order valence-corrected chi connectivity index (χ4v) is 0.902. The number of rotatable bonds is 3. The lowest BCUT2D eigenvalue weighted by Gasteiger charge is -2.07. The van der Waals surface area contributed by atoms with Crippen LogP contribution in [-0.2, 0) is 0 Å². The summed E-state index contributed by atoms with van der Waals surface area (Å²) in [5.41, 5.74) is 0.203. The highest BCUT2D eigenvalue weighted by atomic mass is 16.6. The predicted octanol–water partition coefficient (Wildman–Crippen LogP) is 1.74. The van der Waals surface area contributed by atoms with E-state index in [4.69, 9.17) is 15.2 Å². The SMILES string of the molecule is CC(C)Nc1ccc(C(=O)O)cn1.O=NO. The summed E-state index contributed by atoms with van der Waals surface area (Å²) in [7, 11) is 0. The van der Waals surface area contributed by atoms with Gasteiger partial charge in [-0.1, -0.05) is 0 Å². The smallest absolute Gasteiger partial charge is 0.337 e. The third-order valence-corrected chi connectivity index (χ3v) is 1.45. The summed E-state index contributed by atoms with van der Waals surface area (Å²) in [5.74, 6) is -0.261. The van der Waals surface area contributed by atoms with E-state index in [0.717, 1.165) is 0 Å². The maximum atomic E-state index is 10.5. The molecule has 1 aromatic rings. The van der Waals surface area contributed by atoms with Crippen LogP contribution in [0.4, 0.5) is 5.82 Å². The van der Waals surface area contributed by atoms with Gasteiger partial charge in [0.15, 0.2) is 5.34 Å². The average Bonchev–Trinajstić information content (AvgIpc) is 2.18. The Morgan fingerprint density at radius 2 is 2.06 bits per heavy atom. The van der Waals surface area contributed by atoms with Gasteiger partial charge in [0.2, 0.25) is 0 Å². The van der Waals surface area contributed by atoms with Crippen LogP contribution >= 0.6 is 0 Å². The molecule has 0 saturated carbocycles. The standard InChI is InChI=1S/C9H12N2O2.HNO2/c1-6(2)11-8-4-3-7(5-10-8)9(12)13;2-1-3/h3-6H,1-2H3,(H,10,11)(H,12,13);(H,2,3). The number of aromatic carboxylic acids is 1. The largest absolute Gasteiger partial charge is 0.478 e. The Morgan fingerprint density at radius 1 is 1.50 bits per heavy atom. The van der Waals surface area contributed by atoms with Crippen LogP contribution in [0.1, 0.15) is 24.2 Å². The third-order valence-electron chi connectivity index (χ3n) is 1.45. The lowest BCUT2D eigenvalue weighted by molar-refractivity contribution is 0.0696. The molecule has 0 amide bonds. The number of nitrogens with one attached hydrogen (secondary N) is 1. The Balaban J connectivity index is 0.000000673. The molecular formula is C9H13N3O4. The van der Waals surface area contributed by atoms with Gasteiger partial charge in [0.1, 0.15) is 5.82 Å². The molecule has 1 heterocycles. The Labute approximate surface area is 92.1 Å². The second kappa shape index (κ2) is 7.16. The minimum Gasteiger partial charge on any atom is -0.478 e. The number of carbonyl (C=O) groups is 1. The number of carboxylic acid groups (broad SMARTS) is 1. The Hall–Kier alpha value is -2.18. The van der Waals surface area contributed by atoms with E-state index in [-0.39, 0.29) is 5.56 Å². The van der Waals surface area contributed by atoms with Crippen molar-refractivity contribution in [3.63, 3.8) is 0 Å². The van der Waals surface area contributed by atoms with Gasteiger partial charge in [0, 0.05) is 12.2 Å². The van der Waals surface area contributed by atoms with Crippen molar-refractivity contribution in [3.05, 3.63) is 28.8 Å². The van der Waals surface area contributed by atoms with Crippen LogP contribution in [0.15, 0.2) is 23.7 Å². The van der Waals surface area contributed by atoms with Gasteiger partial charge >= 0.3 is 5.97 Å². The molecule has 0 bridgehead atoms. The molecule has 0 atom stereocenters. The first-order chi connectivity index (χ1) is 7.51. The van der Waals surface area contributed by atoms with Crippen LogP contribution < -0.4 is 5.32 Å². The van der Waals surface area contributed by atoms with Gasteiger partial charge in [0.05, 0.1) is 5.56 Å². The van der Waals surface area contributed by atoms with Gasteiger partial charge in [-0.2, -0.15) is 0 Å². The van der Waals surface area contributed by atoms with E-state index in [1.807, 2.05) is 13.8 Å². The molecule has 1 aromatic heterocycles. The summed E-state index contributed by atoms with van der Waals surface area (Å²) in [6.07, 6.45) is 1.34. The number of pyridine rings is 1. The quantitative estimate of drug-likeness (QED) is 0.535. The summed E-state index contributed by atoms with van der Waals surface area (Å²) in [5, 5.41) is 19.6. The van der Waals surface area contributed by atoms with Crippen molar-refractivity contribution < 1.29 is 15.1 Å². The van der Waals surface area contributed by atoms with E-state index in [9.17, 15) is 4.79 Å². The van der Waals surface area contributed by atoms with Crippen LogP contribution in [0.3, 0.4) is 0 Å². The normalized spacial score (nSPS) is 8.94. The molecular weight excluding hydrogens is 214 g/mol. The van der Waals surface area contributed by atoms with Gasteiger partial charge in [-0.15, -0.1) is 4.91 Å². The molecule has 7 heteroatoms. The molecule has 16 heavy (non-hydrogen) atoms. The molecule has 0 aliphatic carbocycles. The number of carboxylic acids is 1. The highest BCUT2D eigenvalue weighted by Gasteiger charge is 2.02. The van der Waals surface area contributed by atoms with Crippen molar-refractivity contribution in [2.75, 3.05) is 5.32 Å². The fourth-order valence-electron chi connectivity index (χ4n) is 0.902. The molecule has 0 unspecified atom stereocenters. The molecule has 1 rings (SSSR count). The minimum absolute atomic E-state index is 0.203. The van der Waals surface area contributed by atoms with Crippen LogP contribution in [-0.4, -0.2) is 27.3 Å². The molecule has 0 radical (unpaired) electrons. The topological polar surface area (TPSA) is 112 Å². The Kier molecular flexibility index (Phi) is 6.18. The third kappa shape index (κ3) is 5.53. The second-order valence-electron chi connectivity index (χ2n) is 3.12. The molecule has 7 nitrogen and oxygen atoms in total. The molecule has 0 fully saturated rings. The molecule has 0 aromatic carbocycles. The lowest BCUT2D eigenvalue weighted by Crippen LogP contribution is -2.11. The van der Waals surface area contributed by atoms with Crippen LogP contribution in [0.5, 0.6) is 0 Å². The summed E-state index contributed by atoms with van der Waals surface area (Å²) >= 11 is 0. The first-order valence-corrected chi connectivity index (χ1v) is 4.43. The van der Waals surface area contributed by atoms with Gasteiger partial charge < -0.3 is 15.6 Å². The zero-order valence-corrected chi connectivity index (χ0v) is 8.91. The van der Waals surface area contributed by atoms with Gasteiger partial charge in [-0.05, 0) is 26.0 Å². The first kappa shape index (κ1) is 13.8. The Bertz CT molecular complexity index is 337. The summed E-state index contributed by atoms with van der Waals surface area (Å²) in [6.45, 7) is 3.99. The number of nitrogens with zero attached hydrogens (tertiary/aromatic N) is 2. The molecule has 88 valence electrons. The van der Waals surface area contributed by atoms with E-state index >= 15 is 0 Å². The van der Waals surface area contributed by atoms with E-state index in [0.29, 0.717) is 11.9 Å². The Morgan fingerprint density at radius 3 is 2.38 bits per heavy atom. The summed E-state index contributed by atoms with van der Waals surface area (Å²) in [4.78, 5) is 22.5. The maximum absolute atomic E-state index is 10.5. The van der Waals surface area contributed by atoms with Gasteiger partial charge in [-0.3, -0.25) is 0 Å².